The van der Waals surface area contributed by atoms with Crippen LogP contribution in [-0.4, -0.2) is 53.8 Å². The van der Waals surface area contributed by atoms with E-state index in [0.29, 0.717) is 36.0 Å². The van der Waals surface area contributed by atoms with E-state index in [4.69, 9.17) is 15.2 Å². The van der Waals surface area contributed by atoms with Crippen LogP contribution in [0.2, 0.25) is 0 Å². The summed E-state index contributed by atoms with van der Waals surface area (Å²) in [5.74, 6) is 0.602. The van der Waals surface area contributed by atoms with Gasteiger partial charge in [-0.3, -0.25) is 4.79 Å². The van der Waals surface area contributed by atoms with Gasteiger partial charge in [-0.2, -0.15) is 0 Å². The van der Waals surface area contributed by atoms with E-state index in [-0.39, 0.29) is 19.0 Å². The van der Waals surface area contributed by atoms with Gasteiger partial charge in [0.05, 0.1) is 18.7 Å². The first-order valence-corrected chi connectivity index (χ1v) is 8.55. The predicted octanol–water partition coefficient (Wildman–Crippen LogP) is 1.43. The number of alkyl halides is 2. The molecule has 9 nitrogen and oxygen atoms in total. The lowest BCUT2D eigenvalue weighted by Gasteiger charge is -2.17. The molecule has 1 aromatic carbocycles. The number of carbonyl (C=O) groups excluding carboxylic acids is 2. The summed E-state index contributed by atoms with van der Waals surface area (Å²) < 4.78 is 38.7. The van der Waals surface area contributed by atoms with Crippen molar-refractivity contribution in [3.05, 3.63) is 24.4 Å². The molecule has 3 N–H and O–H groups in total. The molecule has 0 spiro atoms. The van der Waals surface area contributed by atoms with E-state index in [2.05, 4.69) is 10.3 Å². The van der Waals surface area contributed by atoms with Crippen molar-refractivity contribution in [1.82, 2.24) is 9.55 Å². The van der Waals surface area contributed by atoms with Gasteiger partial charge in [0, 0.05) is 18.0 Å². The standard InChI is InChI=1S/C17H17F2N5O4/c18-15(19)11-8-28-17(26)24(11)14-7-23-3-4-27-12-5-9(21-6-13(20)25)1-2-10(12)16(23)22-14/h1-2,5,7,11,15,21H,3-4,6,8H2,(H2,20,25)/t11-/m0/s1. The summed E-state index contributed by atoms with van der Waals surface area (Å²) in [6.45, 7) is 0.331. The number of nitrogens with one attached hydrogen (secondary N) is 1. The number of cyclic esters (lactones) is 1. The van der Waals surface area contributed by atoms with E-state index in [1.54, 1.807) is 22.8 Å². The fraction of sp³-hybridized carbons (Fsp3) is 0.353. The molecule has 1 atom stereocenters. The third kappa shape index (κ3) is 3.19. The van der Waals surface area contributed by atoms with Gasteiger partial charge in [-0.1, -0.05) is 0 Å². The van der Waals surface area contributed by atoms with Gasteiger partial charge in [-0.05, 0) is 12.1 Å². The highest BCUT2D eigenvalue weighted by Crippen LogP contribution is 2.36. The van der Waals surface area contributed by atoms with Gasteiger partial charge in [0.1, 0.15) is 30.8 Å². The van der Waals surface area contributed by atoms with Gasteiger partial charge in [-0.25, -0.2) is 23.5 Å². The molecule has 0 bridgehead atoms. The normalized spacial score (nSPS) is 18.2. The molecule has 0 aliphatic carbocycles. The molecule has 3 heterocycles. The molecule has 28 heavy (non-hydrogen) atoms. The number of nitrogens with two attached hydrogens (primary N) is 1. The van der Waals surface area contributed by atoms with Crippen molar-refractivity contribution >= 4 is 23.5 Å². The fourth-order valence-corrected chi connectivity index (χ4v) is 3.17. The minimum atomic E-state index is -2.75. The number of nitrogens with zero attached hydrogens (tertiary/aromatic N) is 3. The van der Waals surface area contributed by atoms with Crippen LogP contribution in [0.5, 0.6) is 5.75 Å². The average Bonchev–Trinajstić information content (AvgIpc) is 3.19. The number of benzene rings is 1. The molecule has 1 saturated heterocycles. The lowest BCUT2D eigenvalue weighted by Crippen LogP contribution is -2.38. The Kier molecular flexibility index (Phi) is 4.49. The summed E-state index contributed by atoms with van der Waals surface area (Å²) in [5, 5.41) is 2.88. The molecule has 2 amide bonds. The summed E-state index contributed by atoms with van der Waals surface area (Å²) in [7, 11) is 0. The lowest BCUT2D eigenvalue weighted by atomic mass is 10.1. The Hall–Kier alpha value is -3.37. The number of halogens is 2. The van der Waals surface area contributed by atoms with Crippen LogP contribution in [-0.2, 0) is 16.1 Å². The zero-order chi connectivity index (χ0) is 19.8. The number of amides is 2. The van der Waals surface area contributed by atoms with Crippen molar-refractivity contribution in [2.45, 2.75) is 19.0 Å². The molecule has 2 aromatic rings. The van der Waals surface area contributed by atoms with Gasteiger partial charge in [0.25, 0.3) is 6.43 Å². The molecule has 148 valence electrons. The second kappa shape index (κ2) is 6.98. The Balaban J connectivity index is 1.68. The van der Waals surface area contributed by atoms with Crippen LogP contribution in [0.25, 0.3) is 11.4 Å². The SMILES string of the molecule is NC(=O)CNc1ccc2c(c1)OCCn1cc(N3C(=O)OC[C@H]3C(F)F)nc1-2. The first-order chi connectivity index (χ1) is 13.4. The molecule has 2 aliphatic rings. The molecular weight excluding hydrogens is 376 g/mol. The molecule has 1 fully saturated rings. The van der Waals surface area contributed by atoms with Crippen LogP contribution < -0.4 is 20.7 Å². The number of carbonyl (C=O) groups is 2. The third-order valence-electron chi connectivity index (χ3n) is 4.49. The fourth-order valence-electron chi connectivity index (χ4n) is 3.17. The second-order valence-corrected chi connectivity index (χ2v) is 6.34. The molecule has 0 saturated carbocycles. The number of imidazole rings is 1. The van der Waals surface area contributed by atoms with E-state index in [1.165, 1.54) is 6.20 Å². The smallest absolute Gasteiger partial charge is 0.416 e. The van der Waals surface area contributed by atoms with E-state index in [1.807, 2.05) is 0 Å². The maximum atomic E-state index is 13.2. The summed E-state index contributed by atoms with van der Waals surface area (Å²) in [4.78, 5) is 28.2. The molecular formula is C17H17F2N5O4. The van der Waals surface area contributed by atoms with Gasteiger partial charge < -0.3 is 25.1 Å². The van der Waals surface area contributed by atoms with Crippen LogP contribution in [0, 0.1) is 0 Å². The van der Waals surface area contributed by atoms with Crippen LogP contribution >= 0.6 is 0 Å². The van der Waals surface area contributed by atoms with Crippen molar-refractivity contribution in [3.63, 3.8) is 0 Å². The van der Waals surface area contributed by atoms with Crippen molar-refractivity contribution in [2.75, 3.05) is 30.0 Å². The predicted molar refractivity (Wildman–Crippen MR) is 94.5 cm³/mol. The first-order valence-electron chi connectivity index (χ1n) is 8.55. The van der Waals surface area contributed by atoms with Crippen molar-refractivity contribution in [3.8, 4) is 17.1 Å². The number of primary amides is 1. The Bertz CT molecular complexity index is 932. The molecule has 2 aliphatic heterocycles. The van der Waals surface area contributed by atoms with Gasteiger partial charge in [0.2, 0.25) is 5.91 Å². The largest absolute Gasteiger partial charge is 0.491 e. The molecule has 4 rings (SSSR count). The number of hydrogen-bond donors (Lipinski definition) is 2. The van der Waals surface area contributed by atoms with Gasteiger partial charge >= 0.3 is 6.09 Å². The number of aromatic nitrogens is 2. The summed E-state index contributed by atoms with van der Waals surface area (Å²) >= 11 is 0. The number of anilines is 2. The Morgan fingerprint density at radius 1 is 1.39 bits per heavy atom. The van der Waals surface area contributed by atoms with Crippen molar-refractivity contribution in [1.29, 1.82) is 0 Å². The number of ether oxygens (including phenoxy) is 2. The molecule has 1 aromatic heterocycles. The maximum Gasteiger partial charge on any atom is 0.416 e. The summed E-state index contributed by atoms with van der Waals surface area (Å²) in [6, 6.07) is 3.79. The topological polar surface area (TPSA) is 112 Å². The van der Waals surface area contributed by atoms with Gasteiger partial charge in [0.15, 0.2) is 5.82 Å². The summed E-state index contributed by atoms with van der Waals surface area (Å²) in [5.41, 5.74) is 6.40. The molecule has 0 unspecified atom stereocenters. The zero-order valence-electron chi connectivity index (χ0n) is 14.6. The lowest BCUT2D eigenvalue weighted by molar-refractivity contribution is -0.116. The van der Waals surface area contributed by atoms with Crippen molar-refractivity contribution in [2.24, 2.45) is 5.73 Å². The highest BCUT2D eigenvalue weighted by atomic mass is 19.3. The highest BCUT2D eigenvalue weighted by Gasteiger charge is 2.42. The number of fused-ring (bicyclic) bond motifs is 3. The second-order valence-electron chi connectivity index (χ2n) is 6.34. The molecule has 0 radical (unpaired) electrons. The van der Waals surface area contributed by atoms with Crippen LogP contribution in [0.15, 0.2) is 24.4 Å². The van der Waals surface area contributed by atoms with Gasteiger partial charge in [-0.15, -0.1) is 0 Å². The zero-order valence-corrected chi connectivity index (χ0v) is 14.6. The minimum absolute atomic E-state index is 0.0242. The van der Waals surface area contributed by atoms with Crippen LogP contribution in [0.1, 0.15) is 0 Å². The highest BCUT2D eigenvalue weighted by molar-refractivity contribution is 5.89. The number of rotatable bonds is 5. The quantitative estimate of drug-likeness (QED) is 0.795. The Morgan fingerprint density at radius 2 is 2.21 bits per heavy atom. The summed E-state index contributed by atoms with van der Waals surface area (Å²) in [6.07, 6.45) is -2.06. The minimum Gasteiger partial charge on any atom is -0.491 e. The van der Waals surface area contributed by atoms with E-state index < -0.39 is 24.5 Å². The maximum absolute atomic E-state index is 13.2. The van der Waals surface area contributed by atoms with Crippen molar-refractivity contribution < 1.29 is 27.8 Å². The average molecular weight is 393 g/mol. The van der Waals surface area contributed by atoms with E-state index in [9.17, 15) is 18.4 Å². The van der Waals surface area contributed by atoms with E-state index >= 15 is 0 Å². The molecule has 11 heteroatoms. The van der Waals surface area contributed by atoms with E-state index in [0.717, 1.165) is 4.90 Å². The first kappa shape index (κ1) is 18.0. The van der Waals surface area contributed by atoms with Crippen LogP contribution in [0.3, 0.4) is 0 Å². The third-order valence-corrected chi connectivity index (χ3v) is 4.49. The monoisotopic (exact) mass is 393 g/mol. The Morgan fingerprint density at radius 3 is 2.96 bits per heavy atom. The van der Waals surface area contributed by atoms with Crippen LogP contribution in [0.4, 0.5) is 25.1 Å². The number of hydrogen-bond acceptors (Lipinski definition) is 6. The Labute approximate surface area is 158 Å².